The van der Waals surface area contributed by atoms with E-state index in [2.05, 4.69) is 0 Å². The molecule has 0 aromatic heterocycles. The van der Waals surface area contributed by atoms with Gasteiger partial charge >= 0.3 is 59.1 Å². The van der Waals surface area contributed by atoms with Gasteiger partial charge in [-0.1, -0.05) is 0 Å². The van der Waals surface area contributed by atoms with E-state index in [1.807, 2.05) is 0 Å². The first-order chi connectivity index (χ1) is 11.7. The third kappa shape index (κ3) is 5.60. The summed E-state index contributed by atoms with van der Waals surface area (Å²) in [7, 11) is -10.5. The number of hydrogen-bond acceptors (Lipinski definition) is 11. The topological polar surface area (TPSA) is 212 Å². The van der Waals surface area contributed by atoms with Gasteiger partial charge in [-0.25, -0.2) is 16.8 Å². The summed E-state index contributed by atoms with van der Waals surface area (Å²) in [5, 5.41) is 38.2. The number of rotatable bonds is 4. The van der Waals surface area contributed by atoms with Crippen molar-refractivity contribution in [2.45, 2.75) is 9.79 Å². The Morgan fingerprint density at radius 2 is 0.929 bits per heavy atom. The molecule has 0 heterocycles. The fourth-order valence-corrected chi connectivity index (χ4v) is 3.18. The quantitative estimate of drug-likeness (QED) is 0.195. The first-order valence-corrected chi connectivity index (χ1v) is 9.13. The van der Waals surface area contributed by atoms with Crippen LogP contribution < -0.4 is 59.1 Å². The number of benzene rings is 2. The fourth-order valence-electron chi connectivity index (χ4n) is 2.02. The van der Waals surface area contributed by atoms with E-state index in [1.54, 1.807) is 0 Å². The maximum Gasteiger partial charge on any atom is 1.00 e. The van der Waals surface area contributed by atoms with Crippen molar-refractivity contribution >= 4 is 26.0 Å². The predicted molar refractivity (Wildman–Crippen MR) is 78.9 cm³/mol. The number of aromatic hydroxyl groups is 4. The zero-order valence-corrected chi connectivity index (χ0v) is 19.9. The minimum atomic E-state index is -5.25. The summed E-state index contributed by atoms with van der Waals surface area (Å²) >= 11 is 0. The Labute approximate surface area is 202 Å². The maximum absolute atomic E-state index is 12.4. The van der Waals surface area contributed by atoms with Gasteiger partial charge in [0.2, 0.25) is 5.78 Å². The Morgan fingerprint density at radius 3 is 1.18 bits per heavy atom. The van der Waals surface area contributed by atoms with Crippen LogP contribution in [0.2, 0.25) is 0 Å². The zero-order valence-electron chi connectivity index (χ0n) is 14.3. The van der Waals surface area contributed by atoms with E-state index in [9.17, 15) is 51.2 Å². The van der Waals surface area contributed by atoms with Gasteiger partial charge in [-0.15, -0.1) is 0 Å². The van der Waals surface area contributed by atoms with Crippen molar-refractivity contribution in [3.8, 4) is 23.0 Å². The normalized spacial score (nSPS) is 11.2. The van der Waals surface area contributed by atoms with Gasteiger partial charge < -0.3 is 29.5 Å². The molecule has 28 heavy (non-hydrogen) atoms. The van der Waals surface area contributed by atoms with Crippen LogP contribution in [0.1, 0.15) is 15.9 Å². The van der Waals surface area contributed by atoms with Gasteiger partial charge in [0.1, 0.15) is 43.2 Å². The molecule has 0 aliphatic carbocycles. The molecule has 140 valence electrons. The molecule has 0 aliphatic rings. The Bertz CT molecular complexity index is 1050. The largest absolute Gasteiger partial charge is 1.00 e. The molecule has 4 N–H and O–H groups in total. The van der Waals surface area contributed by atoms with Crippen LogP contribution in [0.4, 0.5) is 0 Å². The SMILES string of the molecule is O=C(c1cc(S(=O)(=O)[O-])c(O)cc1O)c1cc(S(=O)(=O)[O-])c(O)cc1O.[Na+].[Na+]. The summed E-state index contributed by atoms with van der Waals surface area (Å²) in [5.74, 6) is -5.69. The van der Waals surface area contributed by atoms with Crippen molar-refractivity contribution in [3.05, 3.63) is 35.4 Å². The summed E-state index contributed by atoms with van der Waals surface area (Å²) in [6.45, 7) is 0. The monoisotopic (exact) mass is 450 g/mol. The summed E-state index contributed by atoms with van der Waals surface area (Å²) in [6, 6.07) is 1.38. The molecule has 0 atom stereocenters. The zero-order chi connectivity index (χ0) is 20.0. The average molecular weight is 450 g/mol. The number of carbonyl (C=O) groups excluding carboxylic acids is 1. The van der Waals surface area contributed by atoms with Gasteiger partial charge in [0.25, 0.3) is 0 Å². The number of carbonyl (C=O) groups is 1. The van der Waals surface area contributed by atoms with Crippen LogP contribution in [-0.2, 0) is 20.2 Å². The minimum absolute atomic E-state index is 0. The van der Waals surface area contributed by atoms with Gasteiger partial charge in [-0.3, -0.25) is 4.79 Å². The summed E-state index contributed by atoms with van der Waals surface area (Å²) in [4.78, 5) is 9.88. The first kappa shape index (κ1) is 27.1. The van der Waals surface area contributed by atoms with Crippen LogP contribution in [-0.4, -0.2) is 52.2 Å². The van der Waals surface area contributed by atoms with Crippen molar-refractivity contribution in [2.75, 3.05) is 0 Å². The molecule has 0 fully saturated rings. The number of phenolic OH excluding ortho intramolecular Hbond substituents is 4. The average Bonchev–Trinajstić information content (AvgIpc) is 2.43. The molecule has 0 aliphatic heterocycles. The molecule has 0 amide bonds. The van der Waals surface area contributed by atoms with Gasteiger partial charge in [-0.2, -0.15) is 0 Å². The maximum atomic E-state index is 12.4. The van der Waals surface area contributed by atoms with Crippen LogP contribution in [0.5, 0.6) is 23.0 Å². The molecular weight excluding hydrogens is 442 g/mol. The second-order valence-electron chi connectivity index (χ2n) is 4.91. The molecule has 0 saturated heterocycles. The van der Waals surface area contributed by atoms with Crippen LogP contribution in [0.3, 0.4) is 0 Å². The molecule has 11 nitrogen and oxygen atoms in total. The minimum Gasteiger partial charge on any atom is -0.744 e. The third-order valence-electron chi connectivity index (χ3n) is 3.18. The van der Waals surface area contributed by atoms with Gasteiger partial charge in [0.05, 0.1) is 20.9 Å². The van der Waals surface area contributed by atoms with Crippen LogP contribution in [0.25, 0.3) is 0 Å². The number of hydrogen-bond donors (Lipinski definition) is 4. The second-order valence-corrected chi connectivity index (χ2v) is 7.61. The van der Waals surface area contributed by atoms with E-state index in [1.165, 1.54) is 0 Å². The van der Waals surface area contributed by atoms with Gasteiger partial charge in [-0.05, 0) is 12.1 Å². The Kier molecular flexibility index (Phi) is 9.01. The molecule has 0 radical (unpaired) electrons. The van der Waals surface area contributed by atoms with E-state index < -0.39 is 69.9 Å². The predicted octanol–water partition coefficient (Wildman–Crippen LogP) is -6.44. The second kappa shape index (κ2) is 9.30. The van der Waals surface area contributed by atoms with Crippen molar-refractivity contribution in [2.24, 2.45) is 0 Å². The molecule has 2 rings (SSSR count). The van der Waals surface area contributed by atoms with Crippen LogP contribution in [0, 0.1) is 0 Å². The molecule has 0 bridgehead atoms. The Morgan fingerprint density at radius 1 is 0.643 bits per heavy atom. The van der Waals surface area contributed by atoms with E-state index in [4.69, 9.17) is 0 Å². The molecular formula is C13H8Na2O11S2. The van der Waals surface area contributed by atoms with E-state index in [0.29, 0.717) is 24.3 Å². The van der Waals surface area contributed by atoms with Crippen LogP contribution >= 0.6 is 0 Å². The van der Waals surface area contributed by atoms with Crippen molar-refractivity contribution in [1.29, 1.82) is 0 Å². The van der Waals surface area contributed by atoms with Gasteiger partial charge in [0, 0.05) is 12.1 Å². The standard InChI is InChI=1S/C13H10O11S2.2Na/c14-7-3-9(16)11(25(19,20)21)1-5(7)13(18)6-2-12(26(22,23)24)10(17)4-8(6)15;;/h1-4,14-17H,(H,19,20,21)(H,22,23,24);;/q;2*+1/p-2. The Hall–Kier alpha value is -0.870. The number of ketones is 1. The molecule has 0 unspecified atom stereocenters. The molecule has 15 heteroatoms. The van der Waals surface area contributed by atoms with Crippen molar-refractivity contribution < 1.29 is 110 Å². The van der Waals surface area contributed by atoms with E-state index in [0.717, 1.165) is 0 Å². The fraction of sp³-hybridized carbons (Fsp3) is 0. The molecule has 0 saturated carbocycles. The smallest absolute Gasteiger partial charge is 0.744 e. The van der Waals surface area contributed by atoms with E-state index >= 15 is 0 Å². The number of phenols is 4. The van der Waals surface area contributed by atoms with Crippen molar-refractivity contribution in [1.82, 2.24) is 0 Å². The van der Waals surface area contributed by atoms with Crippen LogP contribution in [0.15, 0.2) is 34.1 Å². The third-order valence-corrected chi connectivity index (χ3v) is 4.91. The molecule has 0 spiro atoms. The van der Waals surface area contributed by atoms with E-state index in [-0.39, 0.29) is 59.1 Å². The van der Waals surface area contributed by atoms with Gasteiger partial charge in [0.15, 0.2) is 0 Å². The Balaban J connectivity index is 0.00000364. The summed E-state index contributed by atoms with van der Waals surface area (Å²) in [5.41, 5.74) is -1.79. The first-order valence-electron chi connectivity index (χ1n) is 6.32. The van der Waals surface area contributed by atoms with Crippen molar-refractivity contribution in [3.63, 3.8) is 0 Å². The summed E-state index contributed by atoms with van der Waals surface area (Å²) < 4.78 is 66.4. The molecule has 2 aromatic rings. The summed E-state index contributed by atoms with van der Waals surface area (Å²) in [6.07, 6.45) is 0. The molecule has 2 aromatic carbocycles.